The molecule has 0 saturated carbocycles. The van der Waals surface area contributed by atoms with E-state index in [4.69, 9.17) is 5.11 Å². The Morgan fingerprint density at radius 2 is 2.06 bits per heavy atom. The van der Waals surface area contributed by atoms with Crippen molar-refractivity contribution in [3.63, 3.8) is 0 Å². The maximum Gasteiger partial charge on any atom is 0.319 e. The Morgan fingerprint density at radius 3 is 2.61 bits per heavy atom. The third-order valence-corrected chi connectivity index (χ3v) is 4.36. The van der Waals surface area contributed by atoms with E-state index in [0.717, 1.165) is 5.56 Å². The van der Waals surface area contributed by atoms with E-state index in [-0.39, 0.29) is 0 Å². The fourth-order valence-electron chi connectivity index (χ4n) is 1.65. The van der Waals surface area contributed by atoms with Gasteiger partial charge in [0, 0.05) is 16.6 Å². The molecule has 1 N–H and O–H groups in total. The van der Waals surface area contributed by atoms with Gasteiger partial charge in [-0.05, 0) is 24.8 Å². The predicted molar refractivity (Wildman–Crippen MR) is 74.0 cm³/mol. The van der Waals surface area contributed by atoms with Crippen LogP contribution in [0.1, 0.15) is 18.4 Å². The van der Waals surface area contributed by atoms with Crippen molar-refractivity contribution in [2.24, 2.45) is 0 Å². The molecular weight excluding hydrogens is 248 g/mol. The molecule has 0 fully saturated rings. The van der Waals surface area contributed by atoms with Crippen molar-refractivity contribution in [3.05, 3.63) is 48.6 Å². The lowest BCUT2D eigenvalue weighted by Gasteiger charge is -2.11. The van der Waals surface area contributed by atoms with E-state index in [1.165, 1.54) is 0 Å². The van der Waals surface area contributed by atoms with Crippen molar-refractivity contribution in [1.29, 1.82) is 0 Å². The van der Waals surface area contributed by atoms with Crippen molar-refractivity contribution < 1.29 is 14.1 Å². The van der Waals surface area contributed by atoms with Crippen LogP contribution in [0, 0.1) is 0 Å². The normalized spacial score (nSPS) is 13.8. The molecule has 1 rings (SSSR count). The summed E-state index contributed by atoms with van der Waals surface area (Å²) in [5.74, 6) is -0.608. The lowest BCUT2D eigenvalue weighted by atomic mass is 10.1. The van der Waals surface area contributed by atoms with Gasteiger partial charge in [-0.1, -0.05) is 36.4 Å². The largest absolute Gasteiger partial charge is 0.480 e. The van der Waals surface area contributed by atoms with Gasteiger partial charge in [0.15, 0.2) is 0 Å². The molecule has 2 atom stereocenters. The minimum absolute atomic E-state index is 0.370. The maximum absolute atomic E-state index is 11.8. The zero-order valence-electron chi connectivity index (χ0n) is 10.2. The van der Waals surface area contributed by atoms with Gasteiger partial charge in [-0.25, -0.2) is 0 Å². The first-order valence-electron chi connectivity index (χ1n) is 5.90. The number of benzene rings is 1. The second-order valence-corrected chi connectivity index (χ2v) is 5.75. The molecule has 0 aromatic heterocycles. The molecule has 4 heteroatoms. The molecule has 0 aliphatic heterocycles. The zero-order valence-corrected chi connectivity index (χ0v) is 11.1. The summed E-state index contributed by atoms with van der Waals surface area (Å²) in [5, 5.41) is 8.32. The molecular formula is C14H18O3S. The molecule has 2 unspecified atom stereocenters. The Hall–Kier alpha value is -1.42. The van der Waals surface area contributed by atoms with Crippen LogP contribution in [0.25, 0.3) is 0 Å². The summed E-state index contributed by atoms with van der Waals surface area (Å²) in [6, 6.07) is 9.65. The van der Waals surface area contributed by atoms with Crippen LogP contribution in [0.15, 0.2) is 43.0 Å². The molecule has 0 aliphatic carbocycles. The quantitative estimate of drug-likeness (QED) is 0.735. The minimum Gasteiger partial charge on any atom is -0.480 e. The van der Waals surface area contributed by atoms with Gasteiger partial charge in [0.25, 0.3) is 0 Å². The summed E-state index contributed by atoms with van der Waals surface area (Å²) in [6.07, 6.45) is 3.29. The molecule has 0 bridgehead atoms. The summed E-state index contributed by atoms with van der Waals surface area (Å²) >= 11 is 0. The van der Waals surface area contributed by atoms with E-state index in [9.17, 15) is 9.00 Å². The molecule has 1 aromatic carbocycles. The van der Waals surface area contributed by atoms with Crippen molar-refractivity contribution in [1.82, 2.24) is 0 Å². The van der Waals surface area contributed by atoms with E-state index in [0.29, 0.717) is 25.0 Å². The average molecular weight is 266 g/mol. The molecule has 0 aliphatic rings. The van der Waals surface area contributed by atoms with Crippen LogP contribution < -0.4 is 0 Å². The van der Waals surface area contributed by atoms with Crippen molar-refractivity contribution in [3.8, 4) is 0 Å². The summed E-state index contributed by atoms with van der Waals surface area (Å²) in [5.41, 5.74) is 1.07. The molecule has 1 aromatic rings. The molecule has 0 heterocycles. The van der Waals surface area contributed by atoms with Gasteiger partial charge in [0.2, 0.25) is 0 Å². The number of allylic oxidation sites excluding steroid dienone is 1. The predicted octanol–water partition coefficient (Wildman–Crippen LogP) is 2.40. The van der Waals surface area contributed by atoms with Crippen molar-refractivity contribution >= 4 is 16.8 Å². The Labute approximate surface area is 110 Å². The molecule has 0 amide bonds. The first-order valence-corrected chi connectivity index (χ1v) is 7.28. The fraction of sp³-hybridized carbons (Fsp3) is 0.357. The Morgan fingerprint density at radius 1 is 1.39 bits per heavy atom. The highest BCUT2D eigenvalue weighted by Crippen LogP contribution is 2.11. The van der Waals surface area contributed by atoms with Crippen LogP contribution in [0.3, 0.4) is 0 Å². The highest BCUT2D eigenvalue weighted by molar-refractivity contribution is 7.86. The van der Waals surface area contributed by atoms with E-state index in [2.05, 4.69) is 6.58 Å². The van der Waals surface area contributed by atoms with E-state index in [1.807, 2.05) is 30.3 Å². The minimum atomic E-state index is -1.33. The summed E-state index contributed by atoms with van der Waals surface area (Å²) in [7, 11) is -1.33. The van der Waals surface area contributed by atoms with Crippen LogP contribution >= 0.6 is 0 Å². The van der Waals surface area contributed by atoms with Gasteiger partial charge in [0.05, 0.1) is 0 Å². The van der Waals surface area contributed by atoms with Crippen molar-refractivity contribution in [2.75, 3.05) is 5.75 Å². The topological polar surface area (TPSA) is 54.4 Å². The van der Waals surface area contributed by atoms with Gasteiger partial charge in [0.1, 0.15) is 5.25 Å². The number of carboxylic acids is 1. The molecule has 0 radical (unpaired) electrons. The summed E-state index contributed by atoms with van der Waals surface area (Å²) < 4.78 is 11.8. The van der Waals surface area contributed by atoms with Crippen LogP contribution in [0.2, 0.25) is 0 Å². The number of hydrogen-bond acceptors (Lipinski definition) is 2. The SMILES string of the molecule is C=CCCS(=O)C(CCc1ccccc1)C(=O)O. The standard InChI is InChI=1S/C14H18O3S/c1-2-3-11-18(17)13(14(15)16)10-9-12-7-5-4-6-8-12/h2,4-8,13H,1,3,9-11H2,(H,15,16). The Kier molecular flexibility index (Phi) is 6.36. The van der Waals surface area contributed by atoms with E-state index >= 15 is 0 Å². The lowest BCUT2D eigenvalue weighted by molar-refractivity contribution is -0.136. The van der Waals surface area contributed by atoms with Gasteiger partial charge in [-0.15, -0.1) is 6.58 Å². The third-order valence-electron chi connectivity index (χ3n) is 2.65. The fourth-order valence-corrected chi connectivity index (χ4v) is 2.94. The van der Waals surface area contributed by atoms with Gasteiger partial charge in [-0.3, -0.25) is 9.00 Å². The van der Waals surface area contributed by atoms with Gasteiger partial charge < -0.3 is 5.11 Å². The highest BCUT2D eigenvalue weighted by Gasteiger charge is 2.23. The first kappa shape index (κ1) is 14.6. The average Bonchev–Trinajstić information content (AvgIpc) is 2.37. The highest BCUT2D eigenvalue weighted by atomic mass is 32.2. The van der Waals surface area contributed by atoms with Gasteiger partial charge in [-0.2, -0.15) is 0 Å². The molecule has 3 nitrogen and oxygen atoms in total. The number of aliphatic carboxylic acids is 1. The second kappa shape index (κ2) is 7.82. The molecule has 0 saturated heterocycles. The Balaban J connectivity index is 2.55. The van der Waals surface area contributed by atoms with Crippen molar-refractivity contribution in [2.45, 2.75) is 24.5 Å². The first-order chi connectivity index (χ1) is 8.65. The second-order valence-electron chi connectivity index (χ2n) is 4.01. The lowest BCUT2D eigenvalue weighted by Crippen LogP contribution is -2.27. The summed E-state index contributed by atoms with van der Waals surface area (Å²) in [6.45, 7) is 3.55. The maximum atomic E-state index is 11.8. The number of aryl methyl sites for hydroxylation is 1. The molecule has 0 spiro atoms. The molecule has 98 valence electrons. The number of hydrogen-bond donors (Lipinski definition) is 1. The third kappa shape index (κ3) is 4.84. The monoisotopic (exact) mass is 266 g/mol. The van der Waals surface area contributed by atoms with Gasteiger partial charge >= 0.3 is 5.97 Å². The van der Waals surface area contributed by atoms with Crippen LogP contribution in [0.5, 0.6) is 0 Å². The number of carboxylic acid groups (broad SMARTS) is 1. The number of rotatable bonds is 8. The molecule has 18 heavy (non-hydrogen) atoms. The Bertz CT molecular complexity index is 414. The zero-order chi connectivity index (χ0) is 13.4. The van der Waals surface area contributed by atoms with E-state index < -0.39 is 22.0 Å². The van der Waals surface area contributed by atoms with Crippen LogP contribution in [0.4, 0.5) is 0 Å². The van der Waals surface area contributed by atoms with E-state index in [1.54, 1.807) is 6.08 Å². The summed E-state index contributed by atoms with van der Waals surface area (Å²) in [4.78, 5) is 11.1. The number of carbonyl (C=O) groups is 1. The smallest absolute Gasteiger partial charge is 0.319 e. The van der Waals surface area contributed by atoms with Crippen LogP contribution in [-0.4, -0.2) is 26.3 Å². The van der Waals surface area contributed by atoms with Crippen LogP contribution in [-0.2, 0) is 22.0 Å².